The number of hydrogen-bond donors (Lipinski definition) is 1. The minimum absolute atomic E-state index is 0.414. The molecule has 6 heteroatoms. The highest BCUT2D eigenvalue weighted by Gasteiger charge is 2.40. The smallest absolute Gasteiger partial charge is 0.345 e. The molecule has 0 aromatic carbocycles. The van der Waals surface area contributed by atoms with E-state index in [-0.39, 0.29) is 0 Å². The number of hydrogen-bond acceptors (Lipinski definition) is 5. The second kappa shape index (κ2) is 5.44. The third kappa shape index (κ3) is 2.74. The molecule has 20 heavy (non-hydrogen) atoms. The Kier molecular flexibility index (Phi) is 3.81. The Morgan fingerprint density at radius 1 is 1.50 bits per heavy atom. The van der Waals surface area contributed by atoms with Gasteiger partial charge in [0.05, 0.1) is 19.8 Å². The van der Waals surface area contributed by atoms with Gasteiger partial charge in [-0.15, -0.1) is 11.3 Å². The Bertz CT molecular complexity index is 507. The van der Waals surface area contributed by atoms with Crippen LogP contribution < -0.4 is 0 Å². The number of rotatable bonds is 3. The van der Waals surface area contributed by atoms with Crippen LogP contribution in [0, 0.1) is 6.92 Å². The van der Waals surface area contributed by atoms with Crippen molar-refractivity contribution in [2.45, 2.75) is 32.1 Å². The lowest BCUT2D eigenvalue weighted by Crippen LogP contribution is -2.48. The van der Waals surface area contributed by atoms with E-state index in [1.165, 1.54) is 11.3 Å². The molecule has 5 nitrogen and oxygen atoms in total. The van der Waals surface area contributed by atoms with E-state index in [9.17, 15) is 4.79 Å². The van der Waals surface area contributed by atoms with Crippen molar-refractivity contribution in [3.05, 3.63) is 21.4 Å². The first kappa shape index (κ1) is 14.0. The first-order chi connectivity index (χ1) is 9.58. The first-order valence-corrected chi connectivity index (χ1v) is 7.72. The molecule has 1 aromatic heterocycles. The lowest BCUT2D eigenvalue weighted by atomic mass is 10.0. The second-order valence-electron chi connectivity index (χ2n) is 5.42. The summed E-state index contributed by atoms with van der Waals surface area (Å²) >= 11 is 1.35. The average molecular weight is 297 g/mol. The van der Waals surface area contributed by atoms with Crippen molar-refractivity contribution in [2.24, 2.45) is 0 Å². The normalized spacial score (nSPS) is 22.4. The molecule has 2 aliphatic rings. The maximum Gasteiger partial charge on any atom is 0.345 e. The number of aryl methyl sites for hydroxylation is 1. The predicted octanol–water partition coefficient (Wildman–Crippen LogP) is 2.09. The number of carbonyl (C=O) groups is 1. The molecule has 1 N–H and O–H groups in total. The van der Waals surface area contributed by atoms with Crippen molar-refractivity contribution in [3.63, 3.8) is 0 Å². The Morgan fingerprint density at radius 3 is 2.90 bits per heavy atom. The van der Waals surface area contributed by atoms with E-state index >= 15 is 0 Å². The summed E-state index contributed by atoms with van der Waals surface area (Å²) in [5, 5.41) is 9.05. The number of carboxylic acids is 1. The summed E-state index contributed by atoms with van der Waals surface area (Å²) in [5.41, 5.74) is 1.10. The number of likely N-dealkylation sites (tertiary alicyclic amines) is 1. The fourth-order valence-corrected chi connectivity index (χ4v) is 3.83. The molecule has 0 bridgehead atoms. The molecule has 110 valence electrons. The standard InChI is InChI=1S/C14H19NO4S/c1-10-11(7-12(20-10)13(16)17)8-15-4-2-3-14(9-15)18-5-6-19-14/h7H,2-6,8-9H2,1H3,(H,16,17). The van der Waals surface area contributed by atoms with Crippen molar-refractivity contribution < 1.29 is 19.4 Å². The molecular weight excluding hydrogens is 278 g/mol. The first-order valence-electron chi connectivity index (χ1n) is 6.91. The quantitative estimate of drug-likeness (QED) is 0.926. The van der Waals surface area contributed by atoms with Crippen molar-refractivity contribution in [2.75, 3.05) is 26.3 Å². The molecule has 2 aliphatic heterocycles. The molecule has 0 amide bonds. The minimum atomic E-state index is -0.845. The summed E-state index contributed by atoms with van der Waals surface area (Å²) in [5.74, 6) is -1.26. The van der Waals surface area contributed by atoms with Crippen molar-refractivity contribution in [1.82, 2.24) is 4.90 Å². The number of ether oxygens (including phenoxy) is 2. The van der Waals surface area contributed by atoms with E-state index < -0.39 is 11.8 Å². The van der Waals surface area contributed by atoms with Crippen LogP contribution in [-0.2, 0) is 16.0 Å². The molecular formula is C14H19NO4S. The summed E-state index contributed by atoms with van der Waals surface area (Å²) in [7, 11) is 0. The fraction of sp³-hybridized carbons (Fsp3) is 0.643. The molecule has 1 aromatic rings. The molecule has 0 atom stereocenters. The number of nitrogens with zero attached hydrogens (tertiary/aromatic N) is 1. The molecule has 0 radical (unpaired) electrons. The van der Waals surface area contributed by atoms with Crippen LogP contribution in [0.15, 0.2) is 6.07 Å². The molecule has 2 fully saturated rings. The lowest BCUT2D eigenvalue weighted by Gasteiger charge is -2.38. The van der Waals surface area contributed by atoms with Gasteiger partial charge in [-0.2, -0.15) is 0 Å². The largest absolute Gasteiger partial charge is 0.477 e. The number of aromatic carboxylic acids is 1. The molecule has 3 rings (SSSR count). The molecule has 0 aliphatic carbocycles. The summed E-state index contributed by atoms with van der Waals surface area (Å²) in [6.45, 7) is 5.87. The third-order valence-corrected chi connectivity index (χ3v) is 5.02. The van der Waals surface area contributed by atoms with E-state index in [0.717, 1.165) is 42.9 Å². The third-order valence-electron chi connectivity index (χ3n) is 3.94. The van der Waals surface area contributed by atoms with Crippen LogP contribution in [0.3, 0.4) is 0 Å². The molecule has 0 unspecified atom stereocenters. The van der Waals surface area contributed by atoms with Gasteiger partial charge in [0.2, 0.25) is 0 Å². The van der Waals surface area contributed by atoms with Crippen molar-refractivity contribution in [1.29, 1.82) is 0 Å². The SMILES string of the molecule is Cc1sc(C(=O)O)cc1CN1CCCC2(C1)OCCO2. The van der Waals surface area contributed by atoms with Crippen LogP contribution in [0.1, 0.15) is 33.0 Å². The van der Waals surface area contributed by atoms with Crippen LogP contribution in [-0.4, -0.2) is 48.1 Å². The van der Waals surface area contributed by atoms with Gasteiger partial charge >= 0.3 is 5.97 Å². The van der Waals surface area contributed by atoms with E-state index in [1.807, 2.05) is 6.92 Å². The second-order valence-corrected chi connectivity index (χ2v) is 6.68. The number of carboxylic acid groups (broad SMARTS) is 1. The van der Waals surface area contributed by atoms with Gasteiger partial charge in [-0.05, 0) is 31.5 Å². The zero-order valence-corrected chi connectivity index (χ0v) is 12.4. The van der Waals surface area contributed by atoms with E-state index in [4.69, 9.17) is 14.6 Å². The topological polar surface area (TPSA) is 59.0 Å². The van der Waals surface area contributed by atoms with Gasteiger partial charge in [-0.1, -0.05) is 0 Å². The summed E-state index contributed by atoms with van der Waals surface area (Å²) in [6, 6.07) is 1.79. The fourth-order valence-electron chi connectivity index (χ4n) is 2.96. The molecule has 3 heterocycles. The van der Waals surface area contributed by atoms with Crippen LogP contribution >= 0.6 is 11.3 Å². The van der Waals surface area contributed by atoms with Crippen molar-refractivity contribution >= 4 is 17.3 Å². The van der Waals surface area contributed by atoms with Gasteiger partial charge in [0.1, 0.15) is 4.88 Å². The van der Waals surface area contributed by atoms with Gasteiger partial charge in [0.25, 0.3) is 0 Å². The van der Waals surface area contributed by atoms with E-state index in [1.54, 1.807) is 6.07 Å². The number of thiophene rings is 1. The monoisotopic (exact) mass is 297 g/mol. The zero-order valence-electron chi connectivity index (χ0n) is 11.6. The minimum Gasteiger partial charge on any atom is -0.477 e. The Morgan fingerprint density at radius 2 is 2.25 bits per heavy atom. The van der Waals surface area contributed by atoms with E-state index in [2.05, 4.69) is 4.90 Å². The van der Waals surface area contributed by atoms with Crippen LogP contribution in [0.4, 0.5) is 0 Å². The van der Waals surface area contributed by atoms with Gasteiger partial charge in [0.15, 0.2) is 5.79 Å². The highest BCUT2D eigenvalue weighted by atomic mass is 32.1. The highest BCUT2D eigenvalue weighted by molar-refractivity contribution is 7.14. The van der Waals surface area contributed by atoms with E-state index in [0.29, 0.717) is 18.1 Å². The summed E-state index contributed by atoms with van der Waals surface area (Å²) in [4.78, 5) is 14.8. The van der Waals surface area contributed by atoms with Crippen LogP contribution in [0.2, 0.25) is 0 Å². The lowest BCUT2D eigenvalue weighted by molar-refractivity contribution is -0.190. The van der Waals surface area contributed by atoms with Crippen molar-refractivity contribution in [3.8, 4) is 0 Å². The molecule has 1 spiro atoms. The van der Waals surface area contributed by atoms with Crippen LogP contribution in [0.25, 0.3) is 0 Å². The Hall–Kier alpha value is -0.950. The van der Waals surface area contributed by atoms with Gasteiger partial charge in [-0.3, -0.25) is 4.90 Å². The summed E-state index contributed by atoms with van der Waals surface area (Å²) < 4.78 is 11.5. The van der Waals surface area contributed by atoms with Gasteiger partial charge in [0, 0.05) is 17.8 Å². The summed E-state index contributed by atoms with van der Waals surface area (Å²) in [6.07, 6.45) is 2.00. The molecule has 0 saturated carbocycles. The maximum absolute atomic E-state index is 11.0. The number of piperidine rings is 1. The highest BCUT2D eigenvalue weighted by Crippen LogP contribution is 2.32. The predicted molar refractivity (Wildman–Crippen MR) is 75.2 cm³/mol. The zero-order chi connectivity index (χ0) is 14.2. The van der Waals surface area contributed by atoms with Gasteiger partial charge < -0.3 is 14.6 Å². The van der Waals surface area contributed by atoms with Crippen LogP contribution in [0.5, 0.6) is 0 Å². The molecule has 2 saturated heterocycles. The Labute approximate surface area is 122 Å². The maximum atomic E-state index is 11.0. The average Bonchev–Trinajstić information content (AvgIpc) is 2.98. The van der Waals surface area contributed by atoms with Gasteiger partial charge in [-0.25, -0.2) is 4.79 Å². The Balaban J connectivity index is 1.69.